The molecular formula is C58H46N4O. The van der Waals surface area contributed by atoms with Gasteiger partial charge in [0, 0.05) is 49.7 Å². The minimum atomic E-state index is -0.164. The Morgan fingerprint density at radius 2 is 0.984 bits per heavy atom. The van der Waals surface area contributed by atoms with Crippen LogP contribution >= 0.6 is 0 Å². The SMILES string of the molecule is C=NC(=NC(=NCc1cccc2c1oc1c(N(c3ccc4c(c3)C(C)(C)c3ccccc3-4)c3ccc4c(c3)C(C)(C)c3ccccc3-4)cccc12)c1ccccc1)c1ccccc1. The monoisotopic (exact) mass is 814 g/mol. The van der Waals surface area contributed by atoms with Gasteiger partial charge in [-0.3, -0.25) is 4.99 Å². The number of anilines is 3. The molecule has 0 bridgehead atoms. The first-order chi connectivity index (χ1) is 30.7. The van der Waals surface area contributed by atoms with Gasteiger partial charge >= 0.3 is 0 Å². The molecule has 0 spiro atoms. The summed E-state index contributed by atoms with van der Waals surface area (Å²) < 4.78 is 7.14. The molecule has 8 aromatic carbocycles. The van der Waals surface area contributed by atoms with Crippen LogP contribution in [0, 0.1) is 0 Å². The van der Waals surface area contributed by atoms with Crippen LogP contribution in [0.5, 0.6) is 0 Å². The van der Waals surface area contributed by atoms with Gasteiger partial charge in [0.15, 0.2) is 17.3 Å². The Labute approximate surface area is 368 Å². The number of hydrogen-bond donors (Lipinski definition) is 0. The van der Waals surface area contributed by atoms with Gasteiger partial charge in [-0.2, -0.15) is 0 Å². The molecule has 1 aromatic heterocycles. The van der Waals surface area contributed by atoms with Crippen molar-refractivity contribution in [3.63, 3.8) is 0 Å². The van der Waals surface area contributed by atoms with Crippen molar-refractivity contribution in [1.29, 1.82) is 0 Å². The Bertz CT molecular complexity index is 3230. The summed E-state index contributed by atoms with van der Waals surface area (Å²) >= 11 is 0. The van der Waals surface area contributed by atoms with Crippen molar-refractivity contribution in [3.8, 4) is 22.3 Å². The topological polar surface area (TPSA) is 53.5 Å². The van der Waals surface area contributed by atoms with Crippen molar-refractivity contribution < 1.29 is 4.42 Å². The highest BCUT2D eigenvalue weighted by atomic mass is 16.3. The molecule has 0 N–H and O–H groups in total. The Hall–Kier alpha value is -7.63. The van der Waals surface area contributed by atoms with Crippen molar-refractivity contribution in [2.24, 2.45) is 15.0 Å². The number of nitrogens with zero attached hydrogens (tertiary/aromatic N) is 4. The molecular weight excluding hydrogens is 769 g/mol. The zero-order valence-electron chi connectivity index (χ0n) is 35.9. The number of benzene rings is 8. The normalized spacial score (nSPS) is 14.6. The number of para-hydroxylation sites is 2. The maximum absolute atomic E-state index is 7.14. The lowest BCUT2D eigenvalue weighted by atomic mass is 9.82. The zero-order valence-corrected chi connectivity index (χ0v) is 35.9. The third-order valence-electron chi connectivity index (χ3n) is 13.3. The van der Waals surface area contributed by atoms with E-state index in [1.165, 1.54) is 44.5 Å². The molecule has 0 aliphatic heterocycles. The van der Waals surface area contributed by atoms with E-state index < -0.39 is 0 Å². The first-order valence-electron chi connectivity index (χ1n) is 21.6. The van der Waals surface area contributed by atoms with Crippen molar-refractivity contribution >= 4 is 57.4 Å². The lowest BCUT2D eigenvalue weighted by Gasteiger charge is -2.29. The van der Waals surface area contributed by atoms with Gasteiger partial charge in [-0.05, 0) is 81.6 Å². The molecule has 1 heterocycles. The third-order valence-corrected chi connectivity index (χ3v) is 13.3. The fraction of sp³-hybridized carbons (Fsp3) is 0.121. The molecule has 9 aromatic rings. The second-order valence-corrected chi connectivity index (χ2v) is 17.7. The smallest absolute Gasteiger partial charge is 0.161 e. The Kier molecular flexibility index (Phi) is 8.98. The summed E-state index contributed by atoms with van der Waals surface area (Å²) in [6.07, 6.45) is 0. The van der Waals surface area contributed by atoms with E-state index in [1.807, 2.05) is 60.7 Å². The molecule has 0 saturated heterocycles. The standard InChI is InChI=1S/C58H46N4O/c1-57(2)48-27-14-12-23-42(48)44-32-30-40(34-50(44)57)62(41-31-33-45-43-24-13-15-28-49(43)58(3,4)51(45)35-41)52-29-17-26-47-46-25-16-22-39(53(46)63-54(47)52)36-60-56(38-20-10-7-11-21-38)61-55(59-5)37-18-8-6-9-19-37/h6-35H,5,36H2,1-4H3. The highest BCUT2D eigenvalue weighted by molar-refractivity contribution is 6.13. The maximum atomic E-state index is 7.14. The van der Waals surface area contributed by atoms with Crippen LogP contribution in [0.2, 0.25) is 0 Å². The van der Waals surface area contributed by atoms with E-state index in [4.69, 9.17) is 14.4 Å². The maximum Gasteiger partial charge on any atom is 0.161 e. The minimum absolute atomic E-state index is 0.164. The molecule has 11 rings (SSSR count). The molecule has 0 fully saturated rings. The highest BCUT2D eigenvalue weighted by Gasteiger charge is 2.38. The van der Waals surface area contributed by atoms with Crippen LogP contribution in [0.25, 0.3) is 44.2 Å². The van der Waals surface area contributed by atoms with E-state index in [0.29, 0.717) is 18.2 Å². The predicted molar refractivity (Wildman–Crippen MR) is 263 cm³/mol. The lowest BCUT2D eigenvalue weighted by Crippen LogP contribution is -2.18. The first-order valence-corrected chi connectivity index (χ1v) is 21.6. The van der Waals surface area contributed by atoms with Crippen LogP contribution in [0.4, 0.5) is 17.1 Å². The van der Waals surface area contributed by atoms with Crippen molar-refractivity contribution in [3.05, 3.63) is 221 Å². The summed E-state index contributed by atoms with van der Waals surface area (Å²) in [6, 6.07) is 64.4. The van der Waals surface area contributed by atoms with Gasteiger partial charge in [-0.25, -0.2) is 9.98 Å². The average molecular weight is 815 g/mol. The van der Waals surface area contributed by atoms with Crippen molar-refractivity contribution in [1.82, 2.24) is 0 Å². The van der Waals surface area contributed by atoms with Gasteiger partial charge in [0.05, 0.1) is 12.2 Å². The molecule has 0 radical (unpaired) electrons. The molecule has 2 aliphatic rings. The van der Waals surface area contributed by atoms with Gasteiger partial charge < -0.3 is 9.32 Å². The summed E-state index contributed by atoms with van der Waals surface area (Å²) in [7, 11) is 0. The fourth-order valence-corrected chi connectivity index (χ4v) is 10.1. The predicted octanol–water partition coefficient (Wildman–Crippen LogP) is 14.8. The molecule has 0 saturated carbocycles. The molecule has 0 amide bonds. The first kappa shape index (κ1) is 38.3. The molecule has 63 heavy (non-hydrogen) atoms. The van der Waals surface area contributed by atoms with Gasteiger partial charge in [-0.15, -0.1) is 0 Å². The summed E-state index contributed by atoms with van der Waals surface area (Å²) in [5.41, 5.74) is 17.7. The average Bonchev–Trinajstić information content (AvgIpc) is 3.90. The van der Waals surface area contributed by atoms with E-state index in [0.717, 1.165) is 55.7 Å². The van der Waals surface area contributed by atoms with Crippen LogP contribution < -0.4 is 4.90 Å². The Balaban J connectivity index is 1.08. The highest BCUT2D eigenvalue weighted by Crippen LogP contribution is 2.54. The number of furan rings is 1. The summed E-state index contributed by atoms with van der Waals surface area (Å²) in [4.78, 5) is 16.8. The van der Waals surface area contributed by atoms with Crippen LogP contribution in [0.3, 0.4) is 0 Å². The molecule has 5 heteroatoms. The van der Waals surface area contributed by atoms with E-state index in [2.05, 4.69) is 166 Å². The number of amidine groups is 2. The minimum Gasteiger partial charge on any atom is -0.453 e. The van der Waals surface area contributed by atoms with E-state index >= 15 is 0 Å². The number of fused-ring (bicyclic) bond motifs is 9. The Morgan fingerprint density at radius 3 is 1.56 bits per heavy atom. The van der Waals surface area contributed by atoms with Crippen LogP contribution in [0.15, 0.2) is 201 Å². The van der Waals surface area contributed by atoms with Gasteiger partial charge in [-0.1, -0.05) is 179 Å². The van der Waals surface area contributed by atoms with Crippen LogP contribution in [0.1, 0.15) is 66.6 Å². The molecule has 0 unspecified atom stereocenters. The number of hydrogen-bond acceptors (Lipinski definition) is 3. The fourth-order valence-electron chi connectivity index (χ4n) is 10.1. The quantitative estimate of drug-likeness (QED) is 0.119. The molecule has 0 atom stereocenters. The summed E-state index contributed by atoms with van der Waals surface area (Å²) in [5, 5.41) is 2.09. The van der Waals surface area contributed by atoms with Crippen LogP contribution in [-0.4, -0.2) is 18.4 Å². The Morgan fingerprint density at radius 1 is 0.492 bits per heavy atom. The largest absolute Gasteiger partial charge is 0.453 e. The second-order valence-electron chi connectivity index (χ2n) is 17.7. The number of rotatable bonds is 7. The molecule has 2 aliphatic carbocycles. The van der Waals surface area contributed by atoms with E-state index in [9.17, 15) is 0 Å². The third kappa shape index (κ3) is 6.18. The molecule has 304 valence electrons. The van der Waals surface area contributed by atoms with Crippen molar-refractivity contribution in [2.45, 2.75) is 45.1 Å². The van der Waals surface area contributed by atoms with E-state index in [1.54, 1.807) is 0 Å². The second kappa shape index (κ2) is 14.8. The lowest BCUT2D eigenvalue weighted by molar-refractivity contribution is 0.659. The van der Waals surface area contributed by atoms with Gasteiger partial charge in [0.2, 0.25) is 0 Å². The summed E-state index contributed by atoms with van der Waals surface area (Å²) in [5.74, 6) is 1.09. The van der Waals surface area contributed by atoms with Gasteiger partial charge in [0.25, 0.3) is 0 Å². The molecule has 5 nitrogen and oxygen atoms in total. The van der Waals surface area contributed by atoms with E-state index in [-0.39, 0.29) is 10.8 Å². The van der Waals surface area contributed by atoms with Crippen molar-refractivity contribution in [2.75, 3.05) is 4.90 Å². The summed E-state index contributed by atoms with van der Waals surface area (Å²) in [6.45, 7) is 13.6. The van der Waals surface area contributed by atoms with Crippen LogP contribution in [-0.2, 0) is 17.4 Å². The van der Waals surface area contributed by atoms with Gasteiger partial charge in [0.1, 0.15) is 5.58 Å². The zero-order chi connectivity index (χ0) is 42.9. The number of aliphatic imine (C=N–C) groups is 3.